The Balaban J connectivity index is 0.971. The number of para-hydroxylation sites is 3. The number of furan rings is 3. The van der Waals surface area contributed by atoms with Gasteiger partial charge in [-0.1, -0.05) is 127 Å². The Labute approximate surface area is 325 Å². The zero-order valence-electron chi connectivity index (χ0n) is 30.3. The summed E-state index contributed by atoms with van der Waals surface area (Å²) in [5, 5.41) is 6.48. The molecule has 6 nitrogen and oxygen atoms in total. The lowest BCUT2D eigenvalue weighted by Gasteiger charge is -2.11. The largest absolute Gasteiger partial charge is 0.456 e. The zero-order chi connectivity index (χ0) is 37.5. The molecule has 0 spiro atoms. The minimum absolute atomic E-state index is 0.577. The molecule has 266 valence electrons. The molecule has 0 unspecified atom stereocenters. The highest BCUT2D eigenvalue weighted by molar-refractivity contribution is 6.17. The lowest BCUT2D eigenvalue weighted by atomic mass is 9.94. The van der Waals surface area contributed by atoms with Gasteiger partial charge in [-0.05, 0) is 65.2 Å². The Bertz CT molecular complexity index is 3520. The van der Waals surface area contributed by atoms with Crippen molar-refractivity contribution in [3.63, 3.8) is 0 Å². The number of hydrogen-bond donors (Lipinski definition) is 0. The molecule has 0 aliphatic rings. The predicted octanol–water partition coefficient (Wildman–Crippen LogP) is 13.9. The first-order valence-electron chi connectivity index (χ1n) is 18.9. The molecule has 0 fully saturated rings. The highest BCUT2D eigenvalue weighted by Gasteiger charge is 2.19. The molecule has 12 aromatic rings. The van der Waals surface area contributed by atoms with E-state index in [-0.39, 0.29) is 0 Å². The van der Waals surface area contributed by atoms with Crippen LogP contribution in [0.4, 0.5) is 0 Å². The molecule has 12 rings (SSSR count). The molecule has 6 heteroatoms. The molecule has 0 radical (unpaired) electrons. The van der Waals surface area contributed by atoms with E-state index < -0.39 is 0 Å². The summed E-state index contributed by atoms with van der Waals surface area (Å²) in [7, 11) is 0. The standard InChI is InChI=1S/C51H29N3O3/c1-2-10-31(11-3-1)49-52-50(54-51(53-49)34-23-25-40-38-13-5-8-16-43(38)56-46(40)29-34)32-20-18-30(19-21-32)35-26-27-36(48-47(35)41-14-6-9-17-44(41)57-48)33-22-24-39-37-12-4-7-15-42(37)55-45(39)28-33/h1-29H. The topological polar surface area (TPSA) is 78.1 Å². The third kappa shape index (κ3) is 5.08. The average Bonchev–Trinajstić information content (AvgIpc) is 3.97. The van der Waals surface area contributed by atoms with Gasteiger partial charge < -0.3 is 13.3 Å². The first kappa shape index (κ1) is 31.5. The smallest absolute Gasteiger partial charge is 0.164 e. The van der Waals surface area contributed by atoms with E-state index in [1.54, 1.807) is 0 Å². The molecule has 0 N–H and O–H groups in total. The van der Waals surface area contributed by atoms with Crippen LogP contribution in [-0.2, 0) is 0 Å². The lowest BCUT2D eigenvalue weighted by Crippen LogP contribution is -2.00. The fourth-order valence-electron chi connectivity index (χ4n) is 8.20. The molecule has 0 amide bonds. The summed E-state index contributed by atoms with van der Waals surface area (Å²) in [5.41, 5.74) is 11.9. The molecule has 4 aromatic heterocycles. The van der Waals surface area contributed by atoms with E-state index in [0.29, 0.717) is 17.5 Å². The van der Waals surface area contributed by atoms with Crippen molar-refractivity contribution < 1.29 is 13.3 Å². The van der Waals surface area contributed by atoms with Gasteiger partial charge in [0.05, 0.1) is 0 Å². The highest BCUT2D eigenvalue weighted by Crippen LogP contribution is 2.43. The maximum atomic E-state index is 6.65. The van der Waals surface area contributed by atoms with E-state index in [4.69, 9.17) is 28.2 Å². The molecular weight excluding hydrogens is 703 g/mol. The average molecular weight is 732 g/mol. The SMILES string of the molecule is c1ccc(-c2nc(-c3ccc(-c4ccc(-c5ccc6c(c5)oc5ccccc56)c5oc6ccccc6c45)cc3)nc(-c3ccc4c(c3)oc3ccccc34)n2)cc1. The van der Waals surface area contributed by atoms with Crippen molar-refractivity contribution in [1.29, 1.82) is 0 Å². The highest BCUT2D eigenvalue weighted by atomic mass is 16.3. The summed E-state index contributed by atoms with van der Waals surface area (Å²) in [6, 6.07) is 59.9. The molecule has 0 atom stereocenters. The normalized spacial score (nSPS) is 11.9. The summed E-state index contributed by atoms with van der Waals surface area (Å²) >= 11 is 0. The van der Waals surface area contributed by atoms with Crippen LogP contribution in [0.1, 0.15) is 0 Å². The maximum absolute atomic E-state index is 6.65. The minimum atomic E-state index is 0.577. The number of fused-ring (bicyclic) bond motifs is 9. The third-order valence-corrected chi connectivity index (χ3v) is 11.0. The molecule has 0 saturated carbocycles. The van der Waals surface area contributed by atoms with Crippen molar-refractivity contribution in [3.05, 3.63) is 176 Å². The van der Waals surface area contributed by atoms with Crippen LogP contribution < -0.4 is 0 Å². The van der Waals surface area contributed by atoms with Gasteiger partial charge in [0.15, 0.2) is 17.5 Å². The quantitative estimate of drug-likeness (QED) is 0.175. The van der Waals surface area contributed by atoms with Gasteiger partial charge in [0.25, 0.3) is 0 Å². The summed E-state index contributed by atoms with van der Waals surface area (Å²) in [4.78, 5) is 15.0. The fraction of sp³-hybridized carbons (Fsp3) is 0. The molecule has 0 aliphatic heterocycles. The Hall–Kier alpha value is -7.83. The van der Waals surface area contributed by atoms with E-state index >= 15 is 0 Å². The molecule has 0 bridgehead atoms. The van der Waals surface area contributed by atoms with E-state index in [2.05, 4.69) is 91.0 Å². The molecule has 57 heavy (non-hydrogen) atoms. The van der Waals surface area contributed by atoms with Gasteiger partial charge >= 0.3 is 0 Å². The Morgan fingerprint density at radius 2 is 0.719 bits per heavy atom. The van der Waals surface area contributed by atoms with Gasteiger partial charge in [-0.3, -0.25) is 0 Å². The maximum Gasteiger partial charge on any atom is 0.164 e. The Kier molecular flexibility index (Phi) is 6.83. The van der Waals surface area contributed by atoms with Gasteiger partial charge in [-0.15, -0.1) is 0 Å². The van der Waals surface area contributed by atoms with Crippen LogP contribution in [0.2, 0.25) is 0 Å². The number of hydrogen-bond acceptors (Lipinski definition) is 6. The minimum Gasteiger partial charge on any atom is -0.456 e. The lowest BCUT2D eigenvalue weighted by molar-refractivity contribution is 0.668. The van der Waals surface area contributed by atoms with Crippen molar-refractivity contribution >= 4 is 65.8 Å². The van der Waals surface area contributed by atoms with E-state index in [0.717, 1.165) is 105 Å². The first-order chi connectivity index (χ1) is 28.2. The first-order valence-corrected chi connectivity index (χ1v) is 18.9. The number of aromatic nitrogens is 3. The van der Waals surface area contributed by atoms with E-state index in [9.17, 15) is 0 Å². The van der Waals surface area contributed by atoms with Gasteiger partial charge in [-0.2, -0.15) is 0 Å². The van der Waals surface area contributed by atoms with E-state index in [1.807, 2.05) is 84.9 Å². The van der Waals surface area contributed by atoms with Crippen LogP contribution >= 0.6 is 0 Å². The van der Waals surface area contributed by atoms with Crippen LogP contribution in [0.3, 0.4) is 0 Å². The van der Waals surface area contributed by atoms with Gasteiger partial charge in [-0.25, -0.2) is 15.0 Å². The molecule has 0 saturated heterocycles. The summed E-state index contributed by atoms with van der Waals surface area (Å²) in [6.07, 6.45) is 0. The monoisotopic (exact) mass is 731 g/mol. The molecular formula is C51H29N3O3. The van der Waals surface area contributed by atoms with Crippen molar-refractivity contribution in [1.82, 2.24) is 15.0 Å². The second-order valence-electron chi connectivity index (χ2n) is 14.3. The summed E-state index contributed by atoms with van der Waals surface area (Å²) < 4.78 is 19.2. The molecule has 0 aliphatic carbocycles. The van der Waals surface area contributed by atoms with E-state index in [1.165, 1.54) is 0 Å². The van der Waals surface area contributed by atoms with Crippen molar-refractivity contribution in [2.75, 3.05) is 0 Å². The second kappa shape index (κ2) is 12.3. The van der Waals surface area contributed by atoms with Gasteiger partial charge in [0.2, 0.25) is 0 Å². The van der Waals surface area contributed by atoms with Crippen molar-refractivity contribution in [2.24, 2.45) is 0 Å². The molecule has 4 heterocycles. The number of rotatable bonds is 5. The summed E-state index contributed by atoms with van der Waals surface area (Å²) in [5.74, 6) is 1.77. The second-order valence-corrected chi connectivity index (χ2v) is 14.3. The Morgan fingerprint density at radius 1 is 0.281 bits per heavy atom. The van der Waals surface area contributed by atoms with Crippen LogP contribution in [0.25, 0.3) is 122 Å². The van der Waals surface area contributed by atoms with Gasteiger partial charge in [0.1, 0.15) is 33.5 Å². The van der Waals surface area contributed by atoms with Gasteiger partial charge in [0, 0.05) is 54.6 Å². The third-order valence-electron chi connectivity index (χ3n) is 11.0. The molecule has 8 aromatic carbocycles. The number of nitrogens with zero attached hydrogens (tertiary/aromatic N) is 3. The zero-order valence-corrected chi connectivity index (χ0v) is 30.3. The van der Waals surface area contributed by atoms with Crippen molar-refractivity contribution in [2.45, 2.75) is 0 Å². The van der Waals surface area contributed by atoms with Crippen LogP contribution in [0.15, 0.2) is 189 Å². The summed E-state index contributed by atoms with van der Waals surface area (Å²) in [6.45, 7) is 0. The van der Waals surface area contributed by atoms with Crippen LogP contribution in [0, 0.1) is 0 Å². The van der Waals surface area contributed by atoms with Crippen molar-refractivity contribution in [3.8, 4) is 56.4 Å². The predicted molar refractivity (Wildman–Crippen MR) is 229 cm³/mol. The Morgan fingerprint density at radius 3 is 1.37 bits per heavy atom. The van der Waals surface area contributed by atoms with Crippen LogP contribution in [0.5, 0.6) is 0 Å². The fourth-order valence-corrected chi connectivity index (χ4v) is 8.20. The number of benzene rings is 8. The van der Waals surface area contributed by atoms with Crippen LogP contribution in [-0.4, -0.2) is 15.0 Å².